The number of nitrogens with zero attached hydrogens (tertiary/aromatic N) is 2. The lowest BCUT2D eigenvalue weighted by Crippen LogP contribution is -2.45. The Morgan fingerprint density at radius 1 is 0.983 bits per heavy atom. The Kier molecular flexibility index (Phi) is 12.2. The Balaban J connectivity index is 1.13. The third-order valence-corrected chi connectivity index (χ3v) is 16.6. The van der Waals surface area contributed by atoms with E-state index in [1.165, 1.54) is 11.3 Å². The molecule has 10 nitrogen and oxygen atoms in total. The minimum Gasteiger partial charge on any atom is -0.497 e. The van der Waals surface area contributed by atoms with Gasteiger partial charge in [0, 0.05) is 46.7 Å². The molecule has 306 valence electrons. The molecule has 1 saturated heterocycles. The van der Waals surface area contributed by atoms with E-state index in [1.54, 1.807) is 12.0 Å². The van der Waals surface area contributed by atoms with Crippen LogP contribution in [-0.4, -0.2) is 69.5 Å². The summed E-state index contributed by atoms with van der Waals surface area (Å²) in [5.41, 5.74) is 2.29. The lowest BCUT2D eigenvalue weighted by Gasteiger charge is -2.30. The highest BCUT2D eigenvalue weighted by Gasteiger charge is 2.65. The van der Waals surface area contributed by atoms with Crippen molar-refractivity contribution >= 4 is 47.3 Å². The van der Waals surface area contributed by atoms with Crippen LogP contribution in [-0.2, 0) is 29.8 Å². The van der Waals surface area contributed by atoms with Crippen LogP contribution in [0.25, 0.3) is 22.2 Å². The zero-order valence-electron chi connectivity index (χ0n) is 33.1. The highest BCUT2D eigenvalue weighted by atomic mass is 32.1. The average Bonchev–Trinajstić information content (AvgIpc) is 3.68. The van der Waals surface area contributed by atoms with Crippen LogP contribution < -0.4 is 9.47 Å². The van der Waals surface area contributed by atoms with Crippen LogP contribution in [0.3, 0.4) is 0 Å². The summed E-state index contributed by atoms with van der Waals surface area (Å²) in [5, 5.41) is 1.55. The Bertz CT molecular complexity index is 2190. The van der Waals surface area contributed by atoms with Crippen molar-refractivity contribution in [2.75, 3.05) is 13.7 Å². The topological polar surface area (TPSA) is 132 Å². The molecular formula is C46H53N2O8PS. The molecule has 1 N–H and O–H groups in total. The van der Waals surface area contributed by atoms with Crippen molar-refractivity contribution in [3.05, 3.63) is 89.1 Å². The van der Waals surface area contributed by atoms with Crippen molar-refractivity contribution < 1.29 is 38.1 Å². The highest BCUT2D eigenvalue weighted by Crippen LogP contribution is 2.74. The van der Waals surface area contributed by atoms with Gasteiger partial charge >= 0.3 is 5.97 Å². The number of fused-ring (bicyclic) bond motifs is 3. The molecule has 6 atom stereocenters. The van der Waals surface area contributed by atoms with E-state index < -0.39 is 30.6 Å². The van der Waals surface area contributed by atoms with E-state index in [9.17, 15) is 23.8 Å². The largest absolute Gasteiger partial charge is 0.497 e. The molecule has 0 spiro atoms. The number of aromatic nitrogens is 1. The first-order valence-electron chi connectivity index (χ1n) is 20.9. The molecule has 2 aliphatic carbocycles. The Labute approximate surface area is 344 Å². The number of rotatable bonds is 10. The molecule has 8 rings (SSSR count). The summed E-state index contributed by atoms with van der Waals surface area (Å²) in [7, 11) is -2.27. The summed E-state index contributed by atoms with van der Waals surface area (Å²) in [6.07, 6.45) is 11.5. The van der Waals surface area contributed by atoms with E-state index in [0.29, 0.717) is 35.6 Å². The quantitative estimate of drug-likeness (QED) is 0.0944. The minimum atomic E-state index is -3.88. The third kappa shape index (κ3) is 8.82. The summed E-state index contributed by atoms with van der Waals surface area (Å²) in [6.45, 7) is 0.131. The number of thiophene rings is 1. The van der Waals surface area contributed by atoms with Gasteiger partial charge in [-0.25, -0.2) is 4.98 Å². The smallest absolute Gasteiger partial charge is 0.306 e. The first kappa shape index (κ1) is 40.5. The number of allylic oxidation sites excluding steroid dienone is 2. The van der Waals surface area contributed by atoms with Gasteiger partial charge in [-0.2, -0.15) is 0 Å². The summed E-state index contributed by atoms with van der Waals surface area (Å²) in [4.78, 5) is 62.3. The van der Waals surface area contributed by atoms with Crippen molar-refractivity contribution in [2.24, 2.45) is 11.8 Å². The van der Waals surface area contributed by atoms with Gasteiger partial charge in [0.15, 0.2) is 5.78 Å². The number of ketones is 1. The number of esters is 1. The third-order valence-electron chi connectivity index (χ3n) is 12.6. The summed E-state index contributed by atoms with van der Waals surface area (Å²) in [5.74, 6) is -0.524. The van der Waals surface area contributed by atoms with Crippen LogP contribution in [0, 0.1) is 11.8 Å². The van der Waals surface area contributed by atoms with Gasteiger partial charge in [-0.1, -0.05) is 61.4 Å². The molecular weight excluding hydrogens is 772 g/mol. The number of carbonyl (C=O) groups is 3. The average molecular weight is 825 g/mol. The van der Waals surface area contributed by atoms with Crippen molar-refractivity contribution in [1.82, 2.24) is 9.88 Å². The zero-order valence-corrected chi connectivity index (χ0v) is 34.8. The second-order valence-electron chi connectivity index (χ2n) is 16.6. The van der Waals surface area contributed by atoms with E-state index in [0.717, 1.165) is 67.2 Å². The fourth-order valence-corrected chi connectivity index (χ4v) is 13.0. The maximum absolute atomic E-state index is 14.9. The highest BCUT2D eigenvalue weighted by molar-refractivity contribution is 7.59. The van der Waals surface area contributed by atoms with Crippen molar-refractivity contribution in [3.63, 3.8) is 0 Å². The van der Waals surface area contributed by atoms with E-state index in [-0.39, 0.29) is 61.7 Å². The SMILES string of the molecule is COc1ccc2c(O[C@@H]3C[C@H]4C(=O)C[C@]5(P(=O)(O)Cc6cccs6)C[C@H]5/C=C\CCCCC[C@H](CC(=O)OC5CCCC5)C(=O)N4C3)cc(-c3ccccc3)nc2c1. The fourth-order valence-electron chi connectivity index (χ4n) is 9.34. The summed E-state index contributed by atoms with van der Waals surface area (Å²) < 4.78 is 32.7. The molecule has 2 aliphatic heterocycles. The van der Waals surface area contributed by atoms with Gasteiger partial charge in [0.1, 0.15) is 23.7 Å². The normalized spacial score (nSPS) is 27.2. The molecule has 1 amide bonds. The van der Waals surface area contributed by atoms with Crippen LogP contribution in [0.4, 0.5) is 0 Å². The molecule has 2 saturated carbocycles. The maximum atomic E-state index is 14.9. The number of benzene rings is 2. The summed E-state index contributed by atoms with van der Waals surface area (Å²) in [6, 6.07) is 20.2. The van der Waals surface area contributed by atoms with Gasteiger partial charge in [0.2, 0.25) is 13.3 Å². The first-order valence-corrected chi connectivity index (χ1v) is 23.6. The number of ether oxygens (including phenoxy) is 3. The standard InChI is InChI=1S/C46H53N2O8PS/c1-54-35-20-21-38-40(24-35)47-39(31-13-7-5-8-14-31)26-43(38)55-36-25-41-42(49)28-46(57(52,53)30-37-19-12-22-58-37)27-33(46)16-9-4-2-3-6-15-32(45(51)48(41)29-36)23-44(50)56-34-17-10-11-18-34/h5,7-9,12-14,16,19-22,24,26,32-34,36,41H,2-4,6,10-11,15,17-18,23,25,27-30H2,1H3,(H,52,53)/b16-9-/t32-,33-,36-,41+,46-/m1/s1. The van der Waals surface area contributed by atoms with Crippen LogP contribution in [0.5, 0.6) is 11.5 Å². The molecule has 4 heterocycles. The van der Waals surface area contributed by atoms with Crippen LogP contribution in [0.1, 0.15) is 88.3 Å². The van der Waals surface area contributed by atoms with E-state index in [1.807, 2.05) is 78.2 Å². The van der Waals surface area contributed by atoms with Crippen molar-refractivity contribution in [1.29, 1.82) is 0 Å². The van der Waals surface area contributed by atoms with Gasteiger partial charge in [0.05, 0.1) is 48.6 Å². The molecule has 1 unspecified atom stereocenters. The summed E-state index contributed by atoms with van der Waals surface area (Å²) >= 11 is 1.44. The van der Waals surface area contributed by atoms with E-state index in [4.69, 9.17) is 19.2 Å². The zero-order chi connectivity index (χ0) is 40.3. The van der Waals surface area contributed by atoms with Crippen LogP contribution in [0.2, 0.25) is 0 Å². The van der Waals surface area contributed by atoms with E-state index >= 15 is 0 Å². The minimum absolute atomic E-state index is 0.0101. The Morgan fingerprint density at radius 2 is 1.79 bits per heavy atom. The monoisotopic (exact) mass is 824 g/mol. The van der Waals surface area contributed by atoms with E-state index in [2.05, 4.69) is 6.08 Å². The molecule has 2 aromatic carbocycles. The van der Waals surface area contributed by atoms with Gasteiger partial charge in [0.25, 0.3) is 0 Å². The Morgan fingerprint density at radius 3 is 2.57 bits per heavy atom. The molecule has 0 bridgehead atoms. The maximum Gasteiger partial charge on any atom is 0.306 e. The number of pyridine rings is 1. The van der Waals surface area contributed by atoms with Gasteiger partial charge in [-0.05, 0) is 80.9 Å². The Hall–Kier alpha value is -4.31. The molecule has 4 aromatic rings. The number of Topliss-reactive ketones (excluding diaryl/α,β-unsaturated/α-hetero) is 1. The van der Waals surface area contributed by atoms with Gasteiger partial charge in [-0.3, -0.25) is 18.9 Å². The predicted molar refractivity (Wildman–Crippen MR) is 225 cm³/mol. The number of amides is 1. The van der Waals surface area contributed by atoms with Crippen molar-refractivity contribution in [2.45, 2.75) is 113 Å². The van der Waals surface area contributed by atoms with Gasteiger partial charge in [-0.15, -0.1) is 11.3 Å². The predicted octanol–water partition coefficient (Wildman–Crippen LogP) is 9.52. The second-order valence-corrected chi connectivity index (χ2v) is 20.2. The number of hydrogen-bond acceptors (Lipinski definition) is 9. The second kappa shape index (κ2) is 17.5. The van der Waals surface area contributed by atoms with Crippen molar-refractivity contribution in [3.8, 4) is 22.8 Å². The number of carbonyl (C=O) groups excluding carboxylic acids is 3. The van der Waals surface area contributed by atoms with Crippen LogP contribution >= 0.6 is 18.7 Å². The first-order chi connectivity index (χ1) is 28.1. The molecule has 0 radical (unpaired) electrons. The fraction of sp³-hybridized carbons (Fsp3) is 0.478. The van der Waals surface area contributed by atoms with Crippen LogP contribution in [0.15, 0.2) is 84.3 Å². The molecule has 4 aliphatic rings. The molecule has 58 heavy (non-hydrogen) atoms. The van der Waals surface area contributed by atoms with Gasteiger partial charge < -0.3 is 24.0 Å². The lowest BCUT2D eigenvalue weighted by molar-refractivity contribution is -0.154. The molecule has 3 fully saturated rings. The molecule has 12 heteroatoms. The number of methoxy groups -OCH3 is 1. The number of hydrogen-bond donors (Lipinski definition) is 1. The lowest BCUT2D eigenvalue weighted by atomic mass is 9.94. The molecule has 2 aromatic heterocycles.